The molecule has 0 aliphatic rings. The summed E-state index contributed by atoms with van der Waals surface area (Å²) < 4.78 is 5.36. The van der Waals surface area contributed by atoms with Crippen molar-refractivity contribution in [3.8, 4) is 5.75 Å². The normalized spacial score (nSPS) is 9.81. The Morgan fingerprint density at radius 3 is 2.25 bits per heavy atom. The molecular formula is C12H12BNO2. The Morgan fingerprint density at radius 2 is 1.56 bits per heavy atom. The largest absolute Gasteiger partial charge is 0.560 e. The van der Waals surface area contributed by atoms with Gasteiger partial charge in [0.05, 0.1) is 5.69 Å². The standard InChI is InChI=1S/C12H12BNO2/c14-11-8-4-5-9-12(11)16-13(15)10-6-2-1-3-7-10/h1-9,15H,14H2. The third-order valence-corrected chi connectivity index (χ3v) is 2.24. The number of hydrogen-bond acceptors (Lipinski definition) is 3. The van der Waals surface area contributed by atoms with E-state index in [9.17, 15) is 5.02 Å². The van der Waals surface area contributed by atoms with E-state index in [-0.39, 0.29) is 0 Å². The molecule has 3 nitrogen and oxygen atoms in total. The molecule has 0 saturated carbocycles. The van der Waals surface area contributed by atoms with Crippen LogP contribution in [0.15, 0.2) is 54.6 Å². The highest BCUT2D eigenvalue weighted by Gasteiger charge is 2.18. The summed E-state index contributed by atoms with van der Waals surface area (Å²) in [7, 11) is -0.995. The molecule has 0 fully saturated rings. The van der Waals surface area contributed by atoms with E-state index in [0.717, 1.165) is 0 Å². The van der Waals surface area contributed by atoms with E-state index in [1.807, 2.05) is 30.3 Å². The number of para-hydroxylation sites is 2. The monoisotopic (exact) mass is 213 g/mol. The van der Waals surface area contributed by atoms with Crippen LogP contribution in [0.5, 0.6) is 5.75 Å². The van der Waals surface area contributed by atoms with Crippen LogP contribution in [0.4, 0.5) is 5.69 Å². The van der Waals surface area contributed by atoms with Crippen molar-refractivity contribution in [3.05, 3.63) is 54.6 Å². The summed E-state index contributed by atoms with van der Waals surface area (Å²) in [6, 6.07) is 16.2. The molecule has 0 unspecified atom stereocenters. The number of anilines is 1. The number of nitrogens with two attached hydrogens (primary N) is 1. The maximum Gasteiger partial charge on any atom is 0.560 e. The predicted molar refractivity (Wildman–Crippen MR) is 65.5 cm³/mol. The van der Waals surface area contributed by atoms with Gasteiger partial charge in [-0.2, -0.15) is 0 Å². The van der Waals surface area contributed by atoms with Crippen LogP contribution >= 0.6 is 0 Å². The van der Waals surface area contributed by atoms with Crippen molar-refractivity contribution < 1.29 is 9.68 Å². The molecule has 0 heterocycles. The highest BCUT2D eigenvalue weighted by molar-refractivity contribution is 6.60. The van der Waals surface area contributed by atoms with E-state index < -0.39 is 7.12 Å². The molecule has 0 aliphatic carbocycles. The van der Waals surface area contributed by atoms with Crippen molar-refractivity contribution >= 4 is 18.3 Å². The van der Waals surface area contributed by atoms with Gasteiger partial charge >= 0.3 is 7.12 Å². The van der Waals surface area contributed by atoms with Crippen molar-refractivity contribution in [1.82, 2.24) is 0 Å². The van der Waals surface area contributed by atoms with E-state index in [2.05, 4.69) is 0 Å². The van der Waals surface area contributed by atoms with Gasteiger partial charge in [0.15, 0.2) is 0 Å². The van der Waals surface area contributed by atoms with Gasteiger partial charge in [-0.15, -0.1) is 0 Å². The highest BCUT2D eigenvalue weighted by Crippen LogP contribution is 2.19. The molecule has 0 radical (unpaired) electrons. The van der Waals surface area contributed by atoms with Crippen molar-refractivity contribution in [2.45, 2.75) is 0 Å². The number of hydrogen-bond donors (Lipinski definition) is 2. The molecule has 0 atom stereocenters. The number of rotatable bonds is 3. The van der Waals surface area contributed by atoms with Crippen molar-refractivity contribution in [1.29, 1.82) is 0 Å². The molecule has 16 heavy (non-hydrogen) atoms. The van der Waals surface area contributed by atoms with Crippen LogP contribution in [0, 0.1) is 0 Å². The lowest BCUT2D eigenvalue weighted by molar-refractivity contribution is 0.434. The topological polar surface area (TPSA) is 55.5 Å². The van der Waals surface area contributed by atoms with Crippen molar-refractivity contribution in [2.75, 3.05) is 5.73 Å². The lowest BCUT2D eigenvalue weighted by atomic mass is 9.79. The summed E-state index contributed by atoms with van der Waals surface area (Å²) in [5.41, 5.74) is 6.92. The molecule has 0 spiro atoms. The predicted octanol–water partition coefficient (Wildman–Crippen LogP) is 1.04. The summed E-state index contributed by atoms with van der Waals surface area (Å²) in [6.07, 6.45) is 0. The van der Waals surface area contributed by atoms with Gasteiger partial charge in [-0.3, -0.25) is 0 Å². The summed E-state index contributed by atoms with van der Waals surface area (Å²) in [4.78, 5) is 0. The first-order valence-corrected chi connectivity index (χ1v) is 5.01. The van der Waals surface area contributed by atoms with Gasteiger partial charge in [0.25, 0.3) is 0 Å². The lowest BCUT2D eigenvalue weighted by Crippen LogP contribution is -2.36. The van der Waals surface area contributed by atoms with Crippen LogP contribution in [0.2, 0.25) is 0 Å². The number of benzene rings is 2. The fraction of sp³-hybridized carbons (Fsp3) is 0. The Labute approximate surface area is 94.6 Å². The van der Waals surface area contributed by atoms with E-state index in [1.165, 1.54) is 0 Å². The molecule has 2 rings (SSSR count). The van der Waals surface area contributed by atoms with Crippen LogP contribution in [0.25, 0.3) is 0 Å². The van der Waals surface area contributed by atoms with Gasteiger partial charge in [-0.25, -0.2) is 0 Å². The van der Waals surface area contributed by atoms with Gasteiger partial charge in [-0.05, 0) is 17.6 Å². The zero-order chi connectivity index (χ0) is 11.4. The molecular weight excluding hydrogens is 201 g/mol. The van der Waals surface area contributed by atoms with E-state index in [0.29, 0.717) is 16.9 Å². The third-order valence-electron chi connectivity index (χ3n) is 2.24. The summed E-state index contributed by atoms with van der Waals surface area (Å²) in [6.45, 7) is 0. The maximum atomic E-state index is 9.82. The van der Waals surface area contributed by atoms with Gasteiger partial charge in [0.1, 0.15) is 5.75 Å². The quantitative estimate of drug-likeness (QED) is 0.591. The van der Waals surface area contributed by atoms with Crippen LogP contribution in [0.3, 0.4) is 0 Å². The Morgan fingerprint density at radius 1 is 0.938 bits per heavy atom. The minimum Gasteiger partial charge on any atom is -0.531 e. The molecule has 0 aliphatic heterocycles. The summed E-state index contributed by atoms with van der Waals surface area (Å²) in [5.74, 6) is 0.485. The molecule has 2 aromatic rings. The molecule has 0 saturated heterocycles. The smallest absolute Gasteiger partial charge is 0.531 e. The average Bonchev–Trinajstić information content (AvgIpc) is 2.33. The summed E-state index contributed by atoms with van der Waals surface area (Å²) in [5, 5.41) is 9.82. The molecule has 3 N–H and O–H groups in total. The van der Waals surface area contributed by atoms with E-state index in [1.54, 1.807) is 24.3 Å². The Bertz CT molecular complexity index is 462. The second-order valence-corrected chi connectivity index (χ2v) is 3.42. The molecule has 0 bridgehead atoms. The van der Waals surface area contributed by atoms with Gasteiger partial charge in [0, 0.05) is 0 Å². The maximum absolute atomic E-state index is 9.82. The van der Waals surface area contributed by atoms with Crippen LogP contribution in [-0.2, 0) is 0 Å². The van der Waals surface area contributed by atoms with Gasteiger partial charge in [0.2, 0.25) is 0 Å². The number of nitrogen functional groups attached to an aromatic ring is 1. The fourth-order valence-electron chi connectivity index (χ4n) is 1.39. The lowest BCUT2D eigenvalue weighted by Gasteiger charge is -2.11. The van der Waals surface area contributed by atoms with Crippen LogP contribution in [0.1, 0.15) is 0 Å². The minimum atomic E-state index is -0.995. The Kier molecular flexibility index (Phi) is 3.12. The van der Waals surface area contributed by atoms with Crippen LogP contribution < -0.4 is 15.9 Å². The Balaban J connectivity index is 2.14. The molecule has 2 aromatic carbocycles. The van der Waals surface area contributed by atoms with Gasteiger partial charge < -0.3 is 15.4 Å². The van der Waals surface area contributed by atoms with E-state index >= 15 is 0 Å². The Hall–Kier alpha value is -1.94. The second kappa shape index (κ2) is 4.72. The average molecular weight is 213 g/mol. The van der Waals surface area contributed by atoms with E-state index in [4.69, 9.17) is 10.4 Å². The highest BCUT2D eigenvalue weighted by atomic mass is 16.5. The van der Waals surface area contributed by atoms with Crippen molar-refractivity contribution in [2.24, 2.45) is 0 Å². The summed E-state index contributed by atoms with van der Waals surface area (Å²) >= 11 is 0. The first-order chi connectivity index (χ1) is 7.77. The first-order valence-electron chi connectivity index (χ1n) is 5.01. The first kappa shape index (κ1) is 10.6. The zero-order valence-corrected chi connectivity index (χ0v) is 8.71. The minimum absolute atomic E-state index is 0.485. The molecule has 4 heteroatoms. The van der Waals surface area contributed by atoms with Gasteiger partial charge in [-0.1, -0.05) is 42.5 Å². The SMILES string of the molecule is Nc1ccccc1OB(O)c1ccccc1. The second-order valence-electron chi connectivity index (χ2n) is 3.42. The zero-order valence-electron chi connectivity index (χ0n) is 8.71. The molecule has 0 aromatic heterocycles. The van der Waals surface area contributed by atoms with Crippen molar-refractivity contribution in [3.63, 3.8) is 0 Å². The van der Waals surface area contributed by atoms with Crippen LogP contribution in [-0.4, -0.2) is 12.1 Å². The third kappa shape index (κ3) is 2.35. The molecule has 0 amide bonds. The fourth-order valence-corrected chi connectivity index (χ4v) is 1.39. The molecule has 80 valence electrons.